The lowest BCUT2D eigenvalue weighted by molar-refractivity contribution is 0.177. The van der Waals surface area contributed by atoms with E-state index in [1.54, 1.807) is 18.2 Å². The van der Waals surface area contributed by atoms with Crippen molar-refractivity contribution in [1.29, 1.82) is 0 Å². The molecule has 0 aromatic heterocycles. The van der Waals surface area contributed by atoms with Crippen LogP contribution >= 0.6 is 12.4 Å². The first-order chi connectivity index (χ1) is 7.70. The van der Waals surface area contributed by atoms with E-state index in [2.05, 4.69) is 5.32 Å². The maximum Gasteiger partial charge on any atom is 0.407 e. The Morgan fingerprint density at radius 1 is 1.59 bits per heavy atom. The molecule has 5 nitrogen and oxygen atoms in total. The van der Waals surface area contributed by atoms with Gasteiger partial charge in [-0.1, -0.05) is 6.07 Å². The quantitative estimate of drug-likeness (QED) is 0.871. The van der Waals surface area contributed by atoms with Crippen LogP contribution in [0.25, 0.3) is 0 Å². The van der Waals surface area contributed by atoms with Crippen LogP contribution in [0.5, 0.6) is 11.5 Å². The van der Waals surface area contributed by atoms with Crippen LogP contribution < -0.4 is 10.1 Å². The van der Waals surface area contributed by atoms with Crippen LogP contribution in [-0.4, -0.2) is 24.4 Å². The molecule has 1 aromatic carbocycles. The fourth-order valence-electron chi connectivity index (χ4n) is 1.58. The molecule has 1 aliphatic heterocycles. The summed E-state index contributed by atoms with van der Waals surface area (Å²) in [5.41, 5.74) is 0.854. The lowest BCUT2D eigenvalue weighted by atomic mass is 10.1. The van der Waals surface area contributed by atoms with Gasteiger partial charge in [-0.15, -0.1) is 12.4 Å². The number of alkyl carbamates (subject to hydrolysis) is 1. The van der Waals surface area contributed by atoms with E-state index >= 15 is 0 Å². The number of hydrogen-bond acceptors (Lipinski definition) is 4. The molecule has 1 aromatic rings. The minimum atomic E-state index is -0.420. The van der Waals surface area contributed by atoms with Crippen molar-refractivity contribution >= 4 is 18.5 Å². The van der Waals surface area contributed by atoms with Gasteiger partial charge in [0.05, 0.1) is 12.6 Å². The van der Waals surface area contributed by atoms with Crippen LogP contribution in [0.4, 0.5) is 4.79 Å². The normalized spacial score (nSPS) is 17.9. The third-order valence-corrected chi connectivity index (χ3v) is 2.36. The molecule has 1 amide bonds. The summed E-state index contributed by atoms with van der Waals surface area (Å²) in [5, 5.41) is 12.2. The summed E-state index contributed by atoms with van der Waals surface area (Å²) in [7, 11) is 0. The van der Waals surface area contributed by atoms with Gasteiger partial charge in [-0.05, 0) is 24.6 Å². The average Bonchev–Trinajstić information content (AvgIpc) is 2.69. The number of carbonyl (C=O) groups excluding carboxylic acids is 1. The standard InChI is InChI=1S/C11H13NO4.ClH/c1-2-15-10-5-7(3-4-9(10)13)8-6-16-11(14)12-8;/h3-5,8,13H,2,6H2,1H3,(H,12,14);1H/t8-;/m0./s1. The van der Waals surface area contributed by atoms with Crippen LogP contribution in [0.1, 0.15) is 18.5 Å². The van der Waals surface area contributed by atoms with Crippen molar-refractivity contribution in [3.05, 3.63) is 23.8 Å². The molecule has 0 aliphatic carbocycles. The number of hydrogen-bond donors (Lipinski definition) is 2. The minimum absolute atomic E-state index is 0. The monoisotopic (exact) mass is 259 g/mol. The second kappa shape index (κ2) is 5.63. The number of rotatable bonds is 3. The van der Waals surface area contributed by atoms with Gasteiger partial charge in [0.25, 0.3) is 0 Å². The minimum Gasteiger partial charge on any atom is -0.504 e. The Kier molecular flexibility index (Phi) is 4.45. The maximum absolute atomic E-state index is 10.9. The molecular weight excluding hydrogens is 246 g/mol. The third kappa shape index (κ3) is 2.94. The summed E-state index contributed by atoms with van der Waals surface area (Å²) in [6.07, 6.45) is -0.420. The number of phenolic OH excluding ortho intramolecular Hbond substituents is 1. The van der Waals surface area contributed by atoms with Crippen molar-refractivity contribution in [2.75, 3.05) is 13.2 Å². The zero-order chi connectivity index (χ0) is 11.5. The summed E-state index contributed by atoms with van der Waals surface area (Å²) >= 11 is 0. The number of carbonyl (C=O) groups is 1. The van der Waals surface area contributed by atoms with Gasteiger partial charge in [0.1, 0.15) is 6.61 Å². The number of cyclic esters (lactones) is 1. The van der Waals surface area contributed by atoms with Gasteiger partial charge in [-0.25, -0.2) is 4.79 Å². The molecule has 94 valence electrons. The van der Waals surface area contributed by atoms with E-state index in [-0.39, 0.29) is 24.2 Å². The van der Waals surface area contributed by atoms with E-state index < -0.39 is 6.09 Å². The first-order valence-corrected chi connectivity index (χ1v) is 5.09. The van der Waals surface area contributed by atoms with Gasteiger partial charge in [0, 0.05) is 0 Å². The average molecular weight is 260 g/mol. The summed E-state index contributed by atoms with van der Waals surface area (Å²) in [6, 6.07) is 4.81. The zero-order valence-electron chi connectivity index (χ0n) is 9.30. The van der Waals surface area contributed by atoms with Crippen molar-refractivity contribution in [1.82, 2.24) is 5.32 Å². The molecule has 6 heteroatoms. The molecule has 0 saturated carbocycles. The van der Waals surface area contributed by atoms with Gasteiger partial charge in [-0.2, -0.15) is 0 Å². The Bertz CT molecular complexity index is 410. The van der Waals surface area contributed by atoms with Crippen LogP contribution in [0.2, 0.25) is 0 Å². The summed E-state index contributed by atoms with van der Waals surface area (Å²) in [5.74, 6) is 0.511. The van der Waals surface area contributed by atoms with Gasteiger partial charge in [0.2, 0.25) is 0 Å². The molecule has 2 rings (SSSR count). The van der Waals surface area contributed by atoms with Crippen LogP contribution in [0, 0.1) is 0 Å². The maximum atomic E-state index is 10.9. The fourth-order valence-corrected chi connectivity index (χ4v) is 1.58. The largest absolute Gasteiger partial charge is 0.504 e. The number of phenols is 1. The molecule has 0 radical (unpaired) electrons. The number of nitrogens with one attached hydrogen (secondary N) is 1. The van der Waals surface area contributed by atoms with E-state index in [1.807, 2.05) is 6.92 Å². The smallest absolute Gasteiger partial charge is 0.407 e. The van der Waals surface area contributed by atoms with Crippen molar-refractivity contribution in [3.8, 4) is 11.5 Å². The molecule has 1 atom stereocenters. The summed E-state index contributed by atoms with van der Waals surface area (Å²) in [6.45, 7) is 2.62. The SMILES string of the molecule is CCOc1cc([C@@H]2COC(=O)N2)ccc1O.Cl. The predicted octanol–water partition coefficient (Wildman–Crippen LogP) is 1.99. The molecule has 1 heterocycles. The summed E-state index contributed by atoms with van der Waals surface area (Å²) in [4.78, 5) is 10.9. The molecule has 1 aliphatic rings. The molecule has 0 bridgehead atoms. The molecule has 1 fully saturated rings. The predicted molar refractivity (Wildman–Crippen MR) is 63.7 cm³/mol. The third-order valence-electron chi connectivity index (χ3n) is 2.36. The van der Waals surface area contributed by atoms with Crippen molar-refractivity contribution in [2.45, 2.75) is 13.0 Å². The Labute approximate surface area is 105 Å². The van der Waals surface area contributed by atoms with Crippen LogP contribution in [0.15, 0.2) is 18.2 Å². The molecule has 17 heavy (non-hydrogen) atoms. The Balaban J connectivity index is 0.00000144. The molecule has 0 unspecified atom stereocenters. The van der Waals surface area contributed by atoms with Gasteiger partial charge < -0.3 is 19.9 Å². The zero-order valence-corrected chi connectivity index (χ0v) is 10.1. The van der Waals surface area contributed by atoms with E-state index in [9.17, 15) is 9.90 Å². The van der Waals surface area contributed by atoms with Gasteiger partial charge >= 0.3 is 6.09 Å². The molecule has 2 N–H and O–H groups in total. The van der Waals surface area contributed by atoms with E-state index in [0.29, 0.717) is 19.0 Å². The van der Waals surface area contributed by atoms with Crippen molar-refractivity contribution < 1.29 is 19.4 Å². The first kappa shape index (κ1) is 13.4. The van der Waals surface area contributed by atoms with Crippen LogP contribution in [0.3, 0.4) is 0 Å². The highest BCUT2D eigenvalue weighted by molar-refractivity contribution is 5.85. The van der Waals surface area contributed by atoms with Crippen molar-refractivity contribution in [2.24, 2.45) is 0 Å². The number of benzene rings is 1. The van der Waals surface area contributed by atoms with Gasteiger partial charge in [-0.3, -0.25) is 0 Å². The Morgan fingerprint density at radius 2 is 2.35 bits per heavy atom. The highest BCUT2D eigenvalue weighted by atomic mass is 35.5. The first-order valence-electron chi connectivity index (χ1n) is 5.09. The van der Waals surface area contributed by atoms with E-state index in [0.717, 1.165) is 5.56 Å². The fraction of sp³-hybridized carbons (Fsp3) is 0.364. The lowest BCUT2D eigenvalue weighted by Crippen LogP contribution is -2.18. The Hall–Kier alpha value is -1.62. The highest BCUT2D eigenvalue weighted by Gasteiger charge is 2.24. The number of halogens is 1. The summed E-state index contributed by atoms with van der Waals surface area (Å²) < 4.78 is 10.1. The number of aromatic hydroxyl groups is 1. The topological polar surface area (TPSA) is 67.8 Å². The Morgan fingerprint density at radius 3 is 2.94 bits per heavy atom. The number of ether oxygens (including phenoxy) is 2. The molecular formula is C11H14ClNO4. The second-order valence-corrected chi connectivity index (χ2v) is 3.46. The van der Waals surface area contributed by atoms with Crippen LogP contribution in [-0.2, 0) is 4.74 Å². The second-order valence-electron chi connectivity index (χ2n) is 3.46. The van der Waals surface area contributed by atoms with E-state index in [1.165, 1.54) is 0 Å². The van der Waals surface area contributed by atoms with E-state index in [4.69, 9.17) is 9.47 Å². The highest BCUT2D eigenvalue weighted by Crippen LogP contribution is 2.30. The molecule has 0 spiro atoms. The van der Waals surface area contributed by atoms with Crippen molar-refractivity contribution in [3.63, 3.8) is 0 Å². The molecule has 1 saturated heterocycles. The number of amides is 1. The van der Waals surface area contributed by atoms with Gasteiger partial charge in [0.15, 0.2) is 11.5 Å². The lowest BCUT2D eigenvalue weighted by Gasteiger charge is -2.11.